The van der Waals surface area contributed by atoms with Gasteiger partial charge in [0.25, 0.3) is 0 Å². The van der Waals surface area contributed by atoms with Crippen molar-refractivity contribution in [3.8, 4) is 0 Å². The number of rotatable bonds is 1. The summed E-state index contributed by atoms with van der Waals surface area (Å²) in [5.74, 6) is 0.312. The summed E-state index contributed by atoms with van der Waals surface area (Å²) in [4.78, 5) is 12.1. The van der Waals surface area contributed by atoms with E-state index in [0.29, 0.717) is 5.92 Å². The largest absolute Gasteiger partial charge is 0.472 e. The molecule has 0 unspecified atom stereocenters. The second-order valence-electron chi connectivity index (χ2n) is 5.89. The molecule has 2 aliphatic rings. The van der Waals surface area contributed by atoms with Gasteiger partial charge in [-0.05, 0) is 30.2 Å². The van der Waals surface area contributed by atoms with Gasteiger partial charge in [-0.15, -0.1) is 0 Å². The number of carbonyl (C=O) groups excluding carboxylic acids is 1. The fourth-order valence-corrected chi connectivity index (χ4v) is 3.22. The van der Waals surface area contributed by atoms with E-state index in [1.807, 2.05) is 6.07 Å². The number of esters is 1. The van der Waals surface area contributed by atoms with Gasteiger partial charge >= 0.3 is 5.97 Å². The molecule has 0 radical (unpaired) electrons. The Morgan fingerprint density at radius 1 is 1.39 bits per heavy atom. The van der Waals surface area contributed by atoms with Crippen molar-refractivity contribution in [3.63, 3.8) is 0 Å². The van der Waals surface area contributed by atoms with E-state index in [-0.39, 0.29) is 23.4 Å². The summed E-state index contributed by atoms with van der Waals surface area (Å²) in [5, 5.41) is 0. The maximum atomic E-state index is 12.1. The van der Waals surface area contributed by atoms with E-state index in [2.05, 4.69) is 26.0 Å². The monoisotopic (exact) mass is 246 g/mol. The van der Waals surface area contributed by atoms with Crippen LogP contribution in [0.15, 0.2) is 35.2 Å². The van der Waals surface area contributed by atoms with Gasteiger partial charge in [-0.3, -0.25) is 4.79 Å². The van der Waals surface area contributed by atoms with Crippen molar-refractivity contribution in [1.82, 2.24) is 0 Å². The molecule has 2 heterocycles. The number of cyclic esters (lactones) is 1. The molecule has 1 saturated heterocycles. The lowest BCUT2D eigenvalue weighted by Crippen LogP contribution is -2.42. The lowest BCUT2D eigenvalue weighted by molar-refractivity contribution is -0.169. The molecular weight excluding hydrogens is 228 g/mol. The number of ether oxygens (including phenoxy) is 1. The molecule has 0 amide bonds. The number of hydrogen-bond acceptors (Lipinski definition) is 3. The standard InChI is InChI=1S/C15H18O3/c1-15(2)6-3-4-11-12(15)8-13(18-14(11)16)10-5-7-17-9-10/h3,5-7,9,11-13H,4,8H2,1-2H3/t11-,12+,13-/m0/s1. The topological polar surface area (TPSA) is 39.4 Å². The molecule has 1 aromatic rings. The molecule has 0 bridgehead atoms. The van der Waals surface area contributed by atoms with Crippen LogP contribution >= 0.6 is 0 Å². The molecule has 3 atom stereocenters. The second kappa shape index (κ2) is 4.01. The van der Waals surface area contributed by atoms with E-state index in [4.69, 9.17) is 9.15 Å². The highest BCUT2D eigenvalue weighted by atomic mass is 16.5. The Kier molecular flexibility index (Phi) is 2.58. The van der Waals surface area contributed by atoms with Crippen LogP contribution in [0.25, 0.3) is 0 Å². The lowest BCUT2D eigenvalue weighted by Gasteiger charge is -2.44. The number of furan rings is 1. The summed E-state index contributed by atoms with van der Waals surface area (Å²) < 4.78 is 10.6. The van der Waals surface area contributed by atoms with Gasteiger partial charge in [-0.2, -0.15) is 0 Å². The van der Waals surface area contributed by atoms with Gasteiger partial charge in [-0.1, -0.05) is 26.0 Å². The predicted molar refractivity (Wildman–Crippen MR) is 66.7 cm³/mol. The van der Waals surface area contributed by atoms with Crippen molar-refractivity contribution in [3.05, 3.63) is 36.3 Å². The first-order chi connectivity index (χ1) is 8.58. The van der Waals surface area contributed by atoms with Crippen molar-refractivity contribution < 1.29 is 13.9 Å². The molecule has 1 fully saturated rings. The van der Waals surface area contributed by atoms with Gasteiger partial charge in [0.1, 0.15) is 6.10 Å². The Hall–Kier alpha value is -1.51. The Morgan fingerprint density at radius 3 is 2.94 bits per heavy atom. The van der Waals surface area contributed by atoms with E-state index in [9.17, 15) is 4.79 Å². The summed E-state index contributed by atoms with van der Waals surface area (Å²) >= 11 is 0. The number of fused-ring (bicyclic) bond motifs is 1. The lowest BCUT2D eigenvalue weighted by atomic mass is 9.64. The fourth-order valence-electron chi connectivity index (χ4n) is 3.22. The van der Waals surface area contributed by atoms with Gasteiger partial charge in [0, 0.05) is 5.56 Å². The smallest absolute Gasteiger partial charge is 0.310 e. The molecule has 3 heteroatoms. The van der Waals surface area contributed by atoms with Gasteiger partial charge in [0.05, 0.1) is 18.4 Å². The van der Waals surface area contributed by atoms with E-state index < -0.39 is 0 Å². The Morgan fingerprint density at radius 2 is 2.22 bits per heavy atom. The highest BCUT2D eigenvalue weighted by Gasteiger charge is 2.46. The molecule has 0 aromatic carbocycles. The molecule has 0 N–H and O–H groups in total. The second-order valence-corrected chi connectivity index (χ2v) is 5.89. The fraction of sp³-hybridized carbons (Fsp3) is 0.533. The minimum Gasteiger partial charge on any atom is -0.472 e. The average Bonchev–Trinajstić information content (AvgIpc) is 2.83. The van der Waals surface area contributed by atoms with Crippen LogP contribution in [-0.2, 0) is 9.53 Å². The maximum Gasteiger partial charge on any atom is 0.310 e. The third-order valence-corrected chi connectivity index (χ3v) is 4.32. The first-order valence-electron chi connectivity index (χ1n) is 6.48. The Balaban J connectivity index is 1.90. The average molecular weight is 246 g/mol. The minimum atomic E-state index is -0.150. The number of carbonyl (C=O) groups is 1. The van der Waals surface area contributed by atoms with Gasteiger partial charge in [0.15, 0.2) is 0 Å². The third-order valence-electron chi connectivity index (χ3n) is 4.32. The summed E-state index contributed by atoms with van der Waals surface area (Å²) in [7, 11) is 0. The van der Waals surface area contributed by atoms with E-state index in [1.165, 1.54) is 0 Å². The van der Waals surface area contributed by atoms with Gasteiger partial charge < -0.3 is 9.15 Å². The first kappa shape index (κ1) is 11.6. The molecular formula is C15H18O3. The van der Waals surface area contributed by atoms with Crippen LogP contribution in [-0.4, -0.2) is 5.97 Å². The van der Waals surface area contributed by atoms with E-state index in [0.717, 1.165) is 18.4 Å². The Labute approximate surface area is 107 Å². The van der Waals surface area contributed by atoms with Gasteiger partial charge in [0.2, 0.25) is 0 Å². The molecule has 3 nitrogen and oxygen atoms in total. The quantitative estimate of drug-likeness (QED) is 0.562. The highest BCUT2D eigenvalue weighted by Crippen LogP contribution is 2.48. The summed E-state index contributed by atoms with van der Waals surface area (Å²) in [6.07, 6.45) is 9.19. The van der Waals surface area contributed by atoms with E-state index in [1.54, 1.807) is 12.5 Å². The maximum absolute atomic E-state index is 12.1. The molecule has 1 aliphatic carbocycles. The highest BCUT2D eigenvalue weighted by molar-refractivity contribution is 5.74. The SMILES string of the molecule is CC1(C)C=CC[C@@H]2C(=O)O[C@H](c3ccoc3)C[C@H]21. The zero-order valence-corrected chi connectivity index (χ0v) is 10.8. The third kappa shape index (κ3) is 1.78. The summed E-state index contributed by atoms with van der Waals surface area (Å²) in [6, 6.07) is 1.88. The van der Waals surface area contributed by atoms with Crippen LogP contribution in [0.4, 0.5) is 0 Å². The van der Waals surface area contributed by atoms with Crippen molar-refractivity contribution in [2.45, 2.75) is 32.8 Å². The van der Waals surface area contributed by atoms with Crippen LogP contribution in [0.3, 0.4) is 0 Å². The van der Waals surface area contributed by atoms with Crippen molar-refractivity contribution in [2.24, 2.45) is 17.3 Å². The number of allylic oxidation sites excluding steroid dienone is 2. The molecule has 96 valence electrons. The van der Waals surface area contributed by atoms with Crippen LogP contribution in [0.1, 0.15) is 38.4 Å². The zero-order chi connectivity index (χ0) is 12.8. The molecule has 1 aromatic heterocycles. The van der Waals surface area contributed by atoms with E-state index >= 15 is 0 Å². The van der Waals surface area contributed by atoms with Crippen molar-refractivity contribution in [1.29, 1.82) is 0 Å². The van der Waals surface area contributed by atoms with Gasteiger partial charge in [-0.25, -0.2) is 0 Å². The molecule has 0 spiro atoms. The number of hydrogen-bond donors (Lipinski definition) is 0. The van der Waals surface area contributed by atoms with Crippen LogP contribution in [0.5, 0.6) is 0 Å². The molecule has 0 saturated carbocycles. The summed E-state index contributed by atoms with van der Waals surface area (Å²) in [6.45, 7) is 4.40. The summed E-state index contributed by atoms with van der Waals surface area (Å²) in [5.41, 5.74) is 1.02. The van der Waals surface area contributed by atoms with Crippen LogP contribution in [0.2, 0.25) is 0 Å². The normalized spacial score (nSPS) is 33.9. The minimum absolute atomic E-state index is 0.0214. The Bertz CT molecular complexity index is 470. The van der Waals surface area contributed by atoms with Crippen molar-refractivity contribution >= 4 is 5.97 Å². The van der Waals surface area contributed by atoms with Crippen LogP contribution < -0.4 is 0 Å². The zero-order valence-electron chi connectivity index (χ0n) is 10.8. The molecule has 3 rings (SSSR count). The first-order valence-corrected chi connectivity index (χ1v) is 6.48. The molecule has 1 aliphatic heterocycles. The van der Waals surface area contributed by atoms with Crippen molar-refractivity contribution in [2.75, 3.05) is 0 Å². The van der Waals surface area contributed by atoms with Crippen LogP contribution in [0, 0.1) is 17.3 Å². The predicted octanol–water partition coefficient (Wildman–Crippen LogP) is 3.49. The molecule has 18 heavy (non-hydrogen) atoms.